The third-order valence-electron chi connectivity index (χ3n) is 16.1. The molecule has 0 aliphatic rings. The first kappa shape index (κ1) is 96.1. The lowest BCUT2D eigenvalue weighted by atomic mass is 10.1. The molecule has 9 nitrogen and oxygen atoms in total. The van der Waals surface area contributed by atoms with Crippen LogP contribution >= 0.6 is 0 Å². The number of carboxylic acids is 1. The summed E-state index contributed by atoms with van der Waals surface area (Å²) in [5, 5.41) is 11.9. The smallest absolute Gasteiger partial charge is 0.306 e. The molecule has 0 aromatic carbocycles. The zero-order valence-corrected chi connectivity index (χ0v) is 65.6. The fourth-order valence-corrected chi connectivity index (χ4v) is 10.1. The quantitative estimate of drug-likeness (QED) is 0.0195. The summed E-state index contributed by atoms with van der Waals surface area (Å²) >= 11 is 0. The minimum absolute atomic E-state index is 0.131. The summed E-state index contributed by atoms with van der Waals surface area (Å²) in [4.78, 5) is 37.6. The van der Waals surface area contributed by atoms with Crippen LogP contribution in [-0.4, -0.2) is 82.3 Å². The Labute approximate surface area is 631 Å². The van der Waals surface area contributed by atoms with Crippen molar-refractivity contribution in [2.75, 3.05) is 47.5 Å². The molecule has 0 aromatic heterocycles. The van der Waals surface area contributed by atoms with Crippen LogP contribution in [0, 0.1) is 0 Å². The maximum Gasteiger partial charge on any atom is 0.306 e. The number of carboxylic acid groups (broad SMARTS) is 1. The fraction of sp³-hybridized carbons (Fsp3) is 0.543. The Morgan fingerprint density at radius 3 is 0.777 bits per heavy atom. The third-order valence-corrected chi connectivity index (χ3v) is 16.1. The predicted octanol–water partition coefficient (Wildman–Crippen LogP) is 25.0. The molecule has 2 atom stereocenters. The van der Waals surface area contributed by atoms with Crippen molar-refractivity contribution in [3.05, 3.63) is 243 Å². The Morgan fingerprint density at radius 2 is 0.524 bits per heavy atom. The molecule has 0 aliphatic carbocycles. The number of hydrogen-bond donors (Lipinski definition) is 0. The van der Waals surface area contributed by atoms with Crippen LogP contribution in [0.25, 0.3) is 0 Å². The molecule has 0 amide bonds. The molecule has 0 N–H and O–H groups in total. The molecule has 0 aromatic rings. The van der Waals surface area contributed by atoms with Gasteiger partial charge in [-0.25, -0.2) is 0 Å². The van der Waals surface area contributed by atoms with E-state index in [2.05, 4.69) is 257 Å². The van der Waals surface area contributed by atoms with Gasteiger partial charge in [0.25, 0.3) is 0 Å². The first-order chi connectivity index (χ1) is 50.6. The number of carbonyl (C=O) groups excluding carboxylic acids is 3. The summed E-state index contributed by atoms with van der Waals surface area (Å²) in [5.74, 6) is -2.33. The number of carbonyl (C=O) groups is 3. The van der Waals surface area contributed by atoms with Gasteiger partial charge in [0.15, 0.2) is 12.4 Å². The second-order valence-corrected chi connectivity index (χ2v) is 26.9. The Hall–Kier alpha value is -6.91. The number of allylic oxidation sites excluding steroid dienone is 40. The SMILES string of the molecule is CC/C=C\C/C=C\C/C=C\C/C=C\C/C=C\C/C=C\C/C=C\C/C=C\C/C=C\C/C=C\C/C=C\CCCCCCCCCC(=O)OC(COC(=O)CCCCCCCCCCC/C=C\C/C=C\C/C=C\C/C=C\C/C=C\C/C=C\C/C=C\C/C=C\C/C=C\CC)COC(OCC[N+](C)(C)C)C(=O)[O-]. The molecule has 0 saturated heterocycles. The summed E-state index contributed by atoms with van der Waals surface area (Å²) < 4.78 is 22.8. The van der Waals surface area contributed by atoms with Crippen LogP contribution in [0.5, 0.6) is 0 Å². The van der Waals surface area contributed by atoms with E-state index in [-0.39, 0.29) is 38.6 Å². The normalized spacial score (nSPS) is 14.0. The van der Waals surface area contributed by atoms with E-state index in [1.54, 1.807) is 0 Å². The van der Waals surface area contributed by atoms with Gasteiger partial charge in [-0.3, -0.25) is 9.59 Å². The third kappa shape index (κ3) is 82.3. The molecule has 574 valence electrons. The average molecular weight is 1420 g/mol. The van der Waals surface area contributed by atoms with Crippen molar-refractivity contribution in [2.45, 2.75) is 283 Å². The lowest BCUT2D eigenvalue weighted by molar-refractivity contribution is -0.870. The molecule has 0 spiro atoms. The number of unbranched alkanes of at least 4 members (excludes halogenated alkanes) is 16. The number of quaternary nitrogens is 1. The monoisotopic (exact) mass is 1420 g/mol. The number of likely N-dealkylation sites (N-methyl/N-ethyl adjacent to an activating group) is 1. The molecular formula is C94H145NO8. The van der Waals surface area contributed by atoms with Crippen molar-refractivity contribution in [1.29, 1.82) is 0 Å². The largest absolute Gasteiger partial charge is 0.545 e. The highest BCUT2D eigenvalue weighted by Gasteiger charge is 2.22. The van der Waals surface area contributed by atoms with Crippen LogP contribution in [0.3, 0.4) is 0 Å². The van der Waals surface area contributed by atoms with Crippen molar-refractivity contribution in [2.24, 2.45) is 0 Å². The van der Waals surface area contributed by atoms with Gasteiger partial charge in [0.05, 0.1) is 40.3 Å². The number of esters is 2. The number of aliphatic carboxylic acids is 1. The average Bonchev–Trinajstić information content (AvgIpc) is 1.01. The van der Waals surface area contributed by atoms with Gasteiger partial charge in [-0.15, -0.1) is 0 Å². The molecule has 0 rings (SSSR count). The van der Waals surface area contributed by atoms with E-state index in [4.69, 9.17) is 18.9 Å². The minimum atomic E-state index is -1.64. The zero-order valence-electron chi connectivity index (χ0n) is 65.6. The molecule has 0 heterocycles. The summed E-state index contributed by atoms with van der Waals surface area (Å²) in [5.41, 5.74) is 0. The van der Waals surface area contributed by atoms with Crippen molar-refractivity contribution < 1.29 is 42.9 Å². The van der Waals surface area contributed by atoms with Crippen LogP contribution in [0.2, 0.25) is 0 Å². The number of rotatable bonds is 71. The molecule has 0 radical (unpaired) electrons. The lowest BCUT2D eigenvalue weighted by Crippen LogP contribution is -2.44. The van der Waals surface area contributed by atoms with E-state index in [0.29, 0.717) is 17.4 Å². The number of nitrogens with zero attached hydrogens (tertiary/aromatic N) is 1. The molecule has 2 unspecified atom stereocenters. The maximum absolute atomic E-state index is 13.0. The summed E-state index contributed by atoms with van der Waals surface area (Å²) in [7, 11) is 5.91. The second kappa shape index (κ2) is 80.8. The highest BCUT2D eigenvalue weighted by atomic mass is 16.7. The van der Waals surface area contributed by atoms with Gasteiger partial charge in [-0.1, -0.05) is 334 Å². The topological polar surface area (TPSA) is 111 Å². The first-order valence-electron chi connectivity index (χ1n) is 40.2. The highest BCUT2D eigenvalue weighted by molar-refractivity contribution is 5.70. The summed E-state index contributed by atoms with van der Waals surface area (Å²) in [6.07, 6.45) is 127. The predicted molar refractivity (Wildman–Crippen MR) is 443 cm³/mol. The second-order valence-electron chi connectivity index (χ2n) is 26.9. The standard InChI is InChI=1S/C94H145NO8/c1-6-8-10-12-14-16-18-20-22-24-26-28-30-32-34-36-38-40-42-44-45-46-47-49-51-53-55-57-59-61-63-65-67-69-71-73-75-77-79-81-83-85-92(97)103-90(89-102-94(93(98)99)100-87-86-95(3,4)5)88-101-91(96)84-82-80-78-76-74-72-70-68-66-64-62-60-58-56-54-52-50-48-43-41-39-37-35-33-31-29-27-25-23-21-19-17-15-13-11-9-7-2/h8-11,14-17,20-23,26-29,32-35,38-41,44-45,47-50,53-56,59-62,65,67,90,94H,6-7,12-13,18-19,24-25,30-31,36-37,42-43,46,51-52,57-58,63-64,66,68-89H2,1-5H3/b10-8-,11-9-,16-14-,17-15-,22-20-,23-21-,28-26-,29-27-,34-32-,35-33-,40-38-,41-39-,45-44-,49-47-,50-48-,55-53-,56-54-,61-59-,62-60-,67-65-. The Bertz CT molecular complexity index is 2610. The van der Waals surface area contributed by atoms with Crippen molar-refractivity contribution >= 4 is 17.9 Å². The first-order valence-corrected chi connectivity index (χ1v) is 40.2. The molecule has 0 aliphatic heterocycles. The van der Waals surface area contributed by atoms with Gasteiger partial charge in [-0.05, 0) is 167 Å². The zero-order chi connectivity index (χ0) is 74.6. The van der Waals surface area contributed by atoms with Gasteiger partial charge >= 0.3 is 11.9 Å². The van der Waals surface area contributed by atoms with E-state index < -0.39 is 24.3 Å². The number of ether oxygens (including phenoxy) is 4. The van der Waals surface area contributed by atoms with E-state index >= 15 is 0 Å². The van der Waals surface area contributed by atoms with Gasteiger partial charge in [0, 0.05) is 12.8 Å². The molecule has 9 heteroatoms. The molecular weight excluding hydrogens is 1270 g/mol. The Morgan fingerprint density at radius 1 is 0.291 bits per heavy atom. The highest BCUT2D eigenvalue weighted by Crippen LogP contribution is 2.15. The van der Waals surface area contributed by atoms with Crippen LogP contribution in [0.15, 0.2) is 243 Å². The number of hydrogen-bond acceptors (Lipinski definition) is 8. The van der Waals surface area contributed by atoms with Crippen LogP contribution in [-0.2, 0) is 33.3 Å². The van der Waals surface area contributed by atoms with E-state index in [1.165, 1.54) is 44.9 Å². The van der Waals surface area contributed by atoms with Gasteiger partial charge in [0.1, 0.15) is 13.2 Å². The van der Waals surface area contributed by atoms with Crippen molar-refractivity contribution in [3.8, 4) is 0 Å². The van der Waals surface area contributed by atoms with E-state index in [9.17, 15) is 19.5 Å². The molecule has 0 saturated carbocycles. The van der Waals surface area contributed by atoms with Gasteiger partial charge < -0.3 is 33.3 Å². The van der Waals surface area contributed by atoms with Gasteiger partial charge in [0.2, 0.25) is 0 Å². The molecule has 103 heavy (non-hydrogen) atoms. The molecule has 0 bridgehead atoms. The fourth-order valence-electron chi connectivity index (χ4n) is 10.1. The van der Waals surface area contributed by atoms with E-state index in [1.807, 2.05) is 21.1 Å². The summed E-state index contributed by atoms with van der Waals surface area (Å²) in [6, 6.07) is 0. The van der Waals surface area contributed by atoms with Gasteiger partial charge in [-0.2, -0.15) is 0 Å². The van der Waals surface area contributed by atoms with E-state index in [0.717, 1.165) is 193 Å². The summed E-state index contributed by atoms with van der Waals surface area (Å²) in [6.45, 7) is 4.47. The molecule has 0 fully saturated rings. The Kier molecular flexibility index (Phi) is 75.4. The minimum Gasteiger partial charge on any atom is -0.545 e. The maximum atomic E-state index is 13.0. The van der Waals surface area contributed by atoms with Crippen molar-refractivity contribution in [3.63, 3.8) is 0 Å². The van der Waals surface area contributed by atoms with Crippen LogP contribution in [0.4, 0.5) is 0 Å². The van der Waals surface area contributed by atoms with Crippen LogP contribution < -0.4 is 5.11 Å². The lowest BCUT2D eigenvalue weighted by Gasteiger charge is -2.26. The van der Waals surface area contributed by atoms with Crippen LogP contribution in [0.1, 0.15) is 271 Å². The van der Waals surface area contributed by atoms with Crippen molar-refractivity contribution in [1.82, 2.24) is 0 Å². The Balaban J connectivity index is 4.20.